The topological polar surface area (TPSA) is 37.8 Å². The molecule has 94 valence electrons. The maximum atomic E-state index is 4.47. The van der Waals surface area contributed by atoms with Crippen LogP contribution in [0, 0.1) is 0 Å². The summed E-state index contributed by atoms with van der Waals surface area (Å²) in [5.41, 5.74) is 3.17. The highest BCUT2D eigenvalue weighted by Crippen LogP contribution is 2.24. The first-order chi connectivity index (χ1) is 9.33. The number of aromatic nitrogens is 2. The first-order valence-corrected chi connectivity index (χ1v) is 6.79. The molecule has 0 aliphatic carbocycles. The van der Waals surface area contributed by atoms with Crippen LogP contribution in [0.4, 0.5) is 5.69 Å². The van der Waals surface area contributed by atoms with Crippen LogP contribution in [0.2, 0.25) is 0 Å². The van der Waals surface area contributed by atoms with Gasteiger partial charge in [0.05, 0.1) is 11.2 Å². The normalized spacial score (nSPS) is 10.6. The van der Waals surface area contributed by atoms with Crippen molar-refractivity contribution in [3.8, 4) is 0 Å². The molecule has 1 N–H and O–H groups in total. The molecule has 0 fully saturated rings. The maximum Gasteiger partial charge on any atom is 0.0934 e. The Hall–Kier alpha value is -1.94. The average molecular weight is 314 g/mol. The van der Waals surface area contributed by atoms with Gasteiger partial charge in [0.25, 0.3) is 0 Å². The van der Waals surface area contributed by atoms with Crippen LogP contribution in [0.3, 0.4) is 0 Å². The van der Waals surface area contributed by atoms with E-state index in [1.807, 2.05) is 30.6 Å². The minimum atomic E-state index is 0.741. The van der Waals surface area contributed by atoms with Crippen molar-refractivity contribution in [3.63, 3.8) is 0 Å². The lowest BCUT2D eigenvalue weighted by molar-refractivity contribution is 1.11. The smallest absolute Gasteiger partial charge is 0.0934 e. The van der Waals surface area contributed by atoms with E-state index in [0.717, 1.165) is 33.2 Å². The number of hydrogen-bond donors (Lipinski definition) is 1. The lowest BCUT2D eigenvalue weighted by Crippen LogP contribution is -2.00. The summed E-state index contributed by atoms with van der Waals surface area (Å²) in [5, 5.41) is 4.52. The van der Waals surface area contributed by atoms with Gasteiger partial charge in [0, 0.05) is 35.0 Å². The van der Waals surface area contributed by atoms with Gasteiger partial charge in [-0.15, -0.1) is 0 Å². The highest BCUT2D eigenvalue weighted by atomic mass is 79.9. The van der Waals surface area contributed by atoms with Crippen molar-refractivity contribution < 1.29 is 0 Å². The van der Waals surface area contributed by atoms with Crippen molar-refractivity contribution in [1.29, 1.82) is 0 Å². The summed E-state index contributed by atoms with van der Waals surface area (Å²) in [6.45, 7) is 0.741. The quantitative estimate of drug-likeness (QED) is 0.794. The van der Waals surface area contributed by atoms with Crippen molar-refractivity contribution in [3.05, 3.63) is 65.0 Å². The van der Waals surface area contributed by atoms with E-state index in [-0.39, 0.29) is 0 Å². The van der Waals surface area contributed by atoms with Gasteiger partial charge < -0.3 is 5.32 Å². The standard InChI is InChI=1S/C15H12BrN3/c16-13-7-12-4-1-5-14(15(12)19-10-13)18-9-11-3-2-6-17-8-11/h1-8,10,18H,9H2. The number of hydrogen-bond acceptors (Lipinski definition) is 3. The number of para-hydroxylation sites is 1. The second-order valence-corrected chi connectivity index (χ2v) is 5.16. The van der Waals surface area contributed by atoms with Gasteiger partial charge >= 0.3 is 0 Å². The number of pyridine rings is 2. The fourth-order valence-corrected chi connectivity index (χ4v) is 2.33. The highest BCUT2D eigenvalue weighted by molar-refractivity contribution is 9.10. The molecule has 0 spiro atoms. The minimum absolute atomic E-state index is 0.741. The zero-order valence-corrected chi connectivity index (χ0v) is 11.8. The number of benzene rings is 1. The molecule has 0 saturated carbocycles. The van der Waals surface area contributed by atoms with E-state index >= 15 is 0 Å². The first-order valence-electron chi connectivity index (χ1n) is 6.00. The van der Waals surface area contributed by atoms with Crippen molar-refractivity contribution in [2.75, 3.05) is 5.32 Å². The summed E-state index contributed by atoms with van der Waals surface area (Å²) >= 11 is 3.44. The van der Waals surface area contributed by atoms with Gasteiger partial charge in [0.15, 0.2) is 0 Å². The fourth-order valence-electron chi connectivity index (χ4n) is 1.98. The van der Waals surface area contributed by atoms with E-state index in [1.54, 1.807) is 6.20 Å². The molecular weight excluding hydrogens is 302 g/mol. The fraction of sp³-hybridized carbons (Fsp3) is 0.0667. The number of rotatable bonds is 3. The largest absolute Gasteiger partial charge is 0.379 e. The lowest BCUT2D eigenvalue weighted by atomic mass is 10.2. The monoisotopic (exact) mass is 313 g/mol. The van der Waals surface area contributed by atoms with Crippen LogP contribution in [-0.2, 0) is 6.54 Å². The third-order valence-corrected chi connectivity index (χ3v) is 3.32. The van der Waals surface area contributed by atoms with Gasteiger partial charge in [-0.25, -0.2) is 0 Å². The van der Waals surface area contributed by atoms with Gasteiger partial charge in [0.1, 0.15) is 0 Å². The molecule has 0 aliphatic heterocycles. The molecule has 3 aromatic rings. The molecule has 0 aliphatic rings. The number of nitrogens with zero attached hydrogens (tertiary/aromatic N) is 2. The zero-order valence-electron chi connectivity index (χ0n) is 10.2. The maximum absolute atomic E-state index is 4.47. The van der Waals surface area contributed by atoms with E-state index in [4.69, 9.17) is 0 Å². The third kappa shape index (κ3) is 2.74. The zero-order chi connectivity index (χ0) is 13.1. The van der Waals surface area contributed by atoms with E-state index in [1.165, 1.54) is 0 Å². The molecule has 0 saturated heterocycles. The number of anilines is 1. The summed E-state index contributed by atoms with van der Waals surface area (Å²) in [6, 6.07) is 12.2. The SMILES string of the molecule is Brc1cnc2c(NCc3cccnc3)cccc2c1. The Bertz CT molecular complexity index is 698. The molecule has 0 atom stereocenters. The number of nitrogens with one attached hydrogen (secondary N) is 1. The molecule has 0 radical (unpaired) electrons. The predicted molar refractivity (Wildman–Crippen MR) is 81.0 cm³/mol. The number of halogens is 1. The molecule has 2 aromatic heterocycles. The Morgan fingerprint density at radius 1 is 1.11 bits per heavy atom. The van der Waals surface area contributed by atoms with Crippen molar-refractivity contribution in [2.24, 2.45) is 0 Å². The van der Waals surface area contributed by atoms with Crippen LogP contribution in [-0.4, -0.2) is 9.97 Å². The highest BCUT2D eigenvalue weighted by Gasteiger charge is 2.02. The molecule has 19 heavy (non-hydrogen) atoms. The van der Waals surface area contributed by atoms with Crippen LogP contribution in [0.5, 0.6) is 0 Å². The van der Waals surface area contributed by atoms with Crippen LogP contribution in [0.25, 0.3) is 10.9 Å². The molecule has 2 heterocycles. The second-order valence-electron chi connectivity index (χ2n) is 4.25. The molecule has 4 heteroatoms. The molecule has 0 unspecified atom stereocenters. The summed E-state index contributed by atoms with van der Waals surface area (Å²) in [6.07, 6.45) is 5.46. The Morgan fingerprint density at radius 2 is 2.05 bits per heavy atom. The van der Waals surface area contributed by atoms with Crippen LogP contribution < -0.4 is 5.32 Å². The van der Waals surface area contributed by atoms with E-state index in [0.29, 0.717) is 0 Å². The number of fused-ring (bicyclic) bond motifs is 1. The molecule has 3 rings (SSSR count). The van der Waals surface area contributed by atoms with Gasteiger partial charge in [-0.05, 0) is 39.7 Å². The third-order valence-electron chi connectivity index (χ3n) is 2.88. The van der Waals surface area contributed by atoms with Gasteiger partial charge in [0.2, 0.25) is 0 Å². The van der Waals surface area contributed by atoms with Gasteiger partial charge in [-0.2, -0.15) is 0 Å². The Kier molecular flexibility index (Phi) is 3.42. The summed E-state index contributed by atoms with van der Waals surface area (Å²) < 4.78 is 0.990. The van der Waals surface area contributed by atoms with Crippen LogP contribution in [0.1, 0.15) is 5.56 Å². The van der Waals surface area contributed by atoms with E-state index < -0.39 is 0 Å². The van der Waals surface area contributed by atoms with Gasteiger partial charge in [-0.3, -0.25) is 9.97 Å². The van der Waals surface area contributed by atoms with Gasteiger partial charge in [-0.1, -0.05) is 18.2 Å². The molecule has 1 aromatic carbocycles. The first kappa shape index (κ1) is 12.1. The van der Waals surface area contributed by atoms with Crippen LogP contribution in [0.15, 0.2) is 59.5 Å². The van der Waals surface area contributed by atoms with E-state index in [9.17, 15) is 0 Å². The Balaban J connectivity index is 1.89. The summed E-state index contributed by atoms with van der Waals surface area (Å²) in [5.74, 6) is 0. The van der Waals surface area contributed by atoms with Crippen molar-refractivity contribution in [1.82, 2.24) is 9.97 Å². The molecular formula is C15H12BrN3. The van der Waals surface area contributed by atoms with Crippen molar-refractivity contribution >= 4 is 32.5 Å². The minimum Gasteiger partial charge on any atom is -0.379 e. The molecule has 3 nitrogen and oxygen atoms in total. The average Bonchev–Trinajstić information content (AvgIpc) is 2.45. The molecule has 0 bridgehead atoms. The summed E-state index contributed by atoms with van der Waals surface area (Å²) in [4.78, 5) is 8.58. The second kappa shape index (κ2) is 5.36. The Morgan fingerprint density at radius 3 is 2.89 bits per heavy atom. The van der Waals surface area contributed by atoms with E-state index in [2.05, 4.69) is 49.4 Å². The predicted octanol–water partition coefficient (Wildman–Crippen LogP) is 4.00. The van der Waals surface area contributed by atoms with Crippen LogP contribution >= 0.6 is 15.9 Å². The Labute approximate surface area is 119 Å². The lowest BCUT2D eigenvalue weighted by Gasteiger charge is -2.09. The van der Waals surface area contributed by atoms with Crippen molar-refractivity contribution in [2.45, 2.75) is 6.54 Å². The summed E-state index contributed by atoms with van der Waals surface area (Å²) in [7, 11) is 0. The molecule has 0 amide bonds.